The molecule has 1 atom stereocenters. The van der Waals surface area contributed by atoms with Gasteiger partial charge in [0.1, 0.15) is 0 Å². The van der Waals surface area contributed by atoms with Crippen LogP contribution in [0.15, 0.2) is 64.2 Å². The lowest BCUT2D eigenvalue weighted by Gasteiger charge is -2.08. The van der Waals surface area contributed by atoms with Gasteiger partial charge in [0.05, 0.1) is 5.75 Å². The maximum absolute atomic E-state index is 12.0. The molecule has 5 nitrogen and oxygen atoms in total. The van der Waals surface area contributed by atoms with Crippen molar-refractivity contribution in [3.05, 3.63) is 76.6 Å². The van der Waals surface area contributed by atoms with E-state index in [9.17, 15) is 4.79 Å². The number of hydrogen-bond acceptors (Lipinski definition) is 5. The number of halogens is 1. The molecule has 1 aromatic heterocycles. The molecule has 146 valence electrons. The molecule has 0 saturated heterocycles. The van der Waals surface area contributed by atoms with Crippen molar-refractivity contribution in [2.75, 3.05) is 12.3 Å². The van der Waals surface area contributed by atoms with Gasteiger partial charge in [-0.2, -0.15) is 0 Å². The Kier molecular flexibility index (Phi) is 7.51. The summed E-state index contributed by atoms with van der Waals surface area (Å²) in [6.45, 7) is 2.70. The molecule has 0 aliphatic rings. The average molecular weight is 416 g/mol. The Labute approximate surface area is 173 Å². The Morgan fingerprint density at radius 1 is 1.14 bits per heavy atom. The zero-order chi connectivity index (χ0) is 19.8. The van der Waals surface area contributed by atoms with Crippen molar-refractivity contribution in [1.29, 1.82) is 0 Å². The highest BCUT2D eigenvalue weighted by atomic mass is 35.5. The van der Waals surface area contributed by atoms with Crippen molar-refractivity contribution in [2.24, 2.45) is 0 Å². The zero-order valence-corrected chi connectivity index (χ0v) is 17.2. The smallest absolute Gasteiger partial charge is 0.277 e. The fraction of sp³-hybridized carbons (Fsp3) is 0.286. The number of hydrogen-bond donors (Lipinski definition) is 1. The van der Waals surface area contributed by atoms with Gasteiger partial charge in [0.25, 0.3) is 5.22 Å². The first kappa shape index (κ1) is 20.4. The number of carbonyl (C=O) groups excluding carboxylic acids is 1. The minimum atomic E-state index is -0.0589. The molecule has 3 rings (SSSR count). The van der Waals surface area contributed by atoms with E-state index in [0.717, 1.165) is 12.0 Å². The molecule has 0 fully saturated rings. The predicted octanol–water partition coefficient (Wildman–Crippen LogP) is 4.52. The van der Waals surface area contributed by atoms with Gasteiger partial charge < -0.3 is 9.73 Å². The molecule has 0 saturated carbocycles. The van der Waals surface area contributed by atoms with E-state index in [0.29, 0.717) is 29.1 Å². The summed E-state index contributed by atoms with van der Waals surface area (Å²) in [4.78, 5) is 12.0. The van der Waals surface area contributed by atoms with E-state index in [1.54, 1.807) is 0 Å². The monoisotopic (exact) mass is 415 g/mol. The number of carbonyl (C=O) groups is 1. The number of benzene rings is 2. The molecule has 1 heterocycles. The number of amides is 1. The normalized spacial score (nSPS) is 11.9. The van der Waals surface area contributed by atoms with E-state index in [-0.39, 0.29) is 17.6 Å². The standard InChI is InChI=1S/C21H22ClN3O2S/c1-15(17-5-3-2-4-6-17)13-20-24-25-21(27-20)28-14-19(26)23-12-11-16-7-9-18(22)10-8-16/h2-10,15H,11-14H2,1H3,(H,23,26). The molecule has 0 spiro atoms. The van der Waals surface area contributed by atoms with Gasteiger partial charge in [0.2, 0.25) is 11.8 Å². The fourth-order valence-corrected chi connectivity index (χ4v) is 3.45. The summed E-state index contributed by atoms with van der Waals surface area (Å²) in [5.41, 5.74) is 2.36. The molecule has 1 N–H and O–H groups in total. The first-order chi connectivity index (χ1) is 13.6. The van der Waals surface area contributed by atoms with Crippen molar-refractivity contribution in [3.63, 3.8) is 0 Å². The zero-order valence-electron chi connectivity index (χ0n) is 15.6. The van der Waals surface area contributed by atoms with E-state index in [1.807, 2.05) is 42.5 Å². The van der Waals surface area contributed by atoms with Crippen LogP contribution in [0.25, 0.3) is 0 Å². The van der Waals surface area contributed by atoms with Crippen LogP contribution in [-0.4, -0.2) is 28.4 Å². The third kappa shape index (κ3) is 6.39. The Balaban J connectivity index is 1.38. The number of rotatable bonds is 9. The highest BCUT2D eigenvalue weighted by Crippen LogP contribution is 2.22. The molecule has 28 heavy (non-hydrogen) atoms. The Morgan fingerprint density at radius 2 is 1.89 bits per heavy atom. The molecular weight excluding hydrogens is 394 g/mol. The third-order valence-corrected chi connectivity index (χ3v) is 5.34. The lowest BCUT2D eigenvalue weighted by atomic mass is 9.98. The highest BCUT2D eigenvalue weighted by Gasteiger charge is 2.13. The van der Waals surface area contributed by atoms with Gasteiger partial charge in [0.15, 0.2) is 0 Å². The summed E-state index contributed by atoms with van der Waals surface area (Å²) in [6, 6.07) is 17.8. The lowest BCUT2D eigenvalue weighted by Crippen LogP contribution is -2.27. The third-order valence-electron chi connectivity index (χ3n) is 4.27. The predicted molar refractivity (Wildman–Crippen MR) is 112 cm³/mol. The van der Waals surface area contributed by atoms with Gasteiger partial charge in [0, 0.05) is 18.0 Å². The number of aromatic nitrogens is 2. The summed E-state index contributed by atoms with van der Waals surface area (Å²) in [5, 5.41) is 12.1. The molecule has 0 aliphatic heterocycles. The van der Waals surface area contributed by atoms with Gasteiger partial charge in [-0.05, 0) is 35.6 Å². The van der Waals surface area contributed by atoms with E-state index in [4.69, 9.17) is 16.0 Å². The minimum Gasteiger partial charge on any atom is -0.416 e. The van der Waals surface area contributed by atoms with Gasteiger partial charge in [-0.15, -0.1) is 10.2 Å². The molecule has 0 bridgehead atoms. The van der Waals surface area contributed by atoms with E-state index in [1.165, 1.54) is 17.3 Å². The van der Waals surface area contributed by atoms with Crippen LogP contribution >= 0.6 is 23.4 Å². The summed E-state index contributed by atoms with van der Waals surface area (Å²) < 4.78 is 5.66. The summed E-state index contributed by atoms with van der Waals surface area (Å²) in [5.74, 6) is 1.06. The number of nitrogens with zero attached hydrogens (tertiary/aromatic N) is 2. The molecular formula is C21H22ClN3O2S. The highest BCUT2D eigenvalue weighted by molar-refractivity contribution is 7.99. The molecule has 2 aromatic carbocycles. The average Bonchev–Trinajstić information content (AvgIpc) is 3.16. The van der Waals surface area contributed by atoms with Crippen molar-refractivity contribution < 1.29 is 9.21 Å². The first-order valence-corrected chi connectivity index (χ1v) is 10.5. The van der Waals surface area contributed by atoms with E-state index in [2.05, 4.69) is 34.6 Å². The lowest BCUT2D eigenvalue weighted by molar-refractivity contribution is -0.118. The maximum atomic E-state index is 12.0. The van der Waals surface area contributed by atoms with Crippen molar-refractivity contribution in [1.82, 2.24) is 15.5 Å². The Hall–Kier alpha value is -2.31. The largest absolute Gasteiger partial charge is 0.416 e. The molecule has 1 unspecified atom stereocenters. The van der Waals surface area contributed by atoms with E-state index >= 15 is 0 Å². The van der Waals surface area contributed by atoms with Crippen LogP contribution in [-0.2, 0) is 17.6 Å². The van der Waals surface area contributed by atoms with Crippen molar-refractivity contribution >= 4 is 29.3 Å². The Morgan fingerprint density at radius 3 is 2.64 bits per heavy atom. The molecule has 1 amide bonds. The van der Waals surface area contributed by atoms with E-state index < -0.39 is 0 Å². The first-order valence-electron chi connectivity index (χ1n) is 9.11. The second-order valence-electron chi connectivity index (χ2n) is 6.49. The second-order valence-corrected chi connectivity index (χ2v) is 7.86. The van der Waals surface area contributed by atoms with Crippen molar-refractivity contribution in [2.45, 2.75) is 30.9 Å². The van der Waals surface area contributed by atoms with Crippen LogP contribution in [0.5, 0.6) is 0 Å². The SMILES string of the molecule is CC(Cc1nnc(SCC(=O)NCCc2ccc(Cl)cc2)o1)c1ccccc1. The summed E-state index contributed by atoms with van der Waals surface area (Å²) >= 11 is 7.11. The van der Waals surface area contributed by atoms with Crippen LogP contribution in [0.1, 0.15) is 29.9 Å². The maximum Gasteiger partial charge on any atom is 0.277 e. The Bertz CT molecular complexity index is 884. The fourth-order valence-electron chi connectivity index (χ4n) is 2.72. The van der Waals surface area contributed by atoms with Crippen LogP contribution < -0.4 is 5.32 Å². The molecule has 7 heteroatoms. The molecule has 0 radical (unpaired) electrons. The van der Waals surface area contributed by atoms with Crippen LogP contribution in [0.3, 0.4) is 0 Å². The molecule has 3 aromatic rings. The number of thioether (sulfide) groups is 1. The summed E-state index contributed by atoms with van der Waals surface area (Å²) in [6.07, 6.45) is 1.43. The quantitative estimate of drug-likeness (QED) is 0.520. The van der Waals surface area contributed by atoms with Crippen molar-refractivity contribution in [3.8, 4) is 0 Å². The summed E-state index contributed by atoms with van der Waals surface area (Å²) in [7, 11) is 0. The van der Waals surface area contributed by atoms with Crippen LogP contribution in [0.2, 0.25) is 5.02 Å². The number of nitrogens with one attached hydrogen (secondary N) is 1. The topological polar surface area (TPSA) is 68.0 Å². The van der Waals surface area contributed by atoms with Gasteiger partial charge in [-0.1, -0.05) is 72.8 Å². The second kappa shape index (κ2) is 10.3. The van der Waals surface area contributed by atoms with Gasteiger partial charge in [-0.25, -0.2) is 0 Å². The van der Waals surface area contributed by atoms with Gasteiger partial charge >= 0.3 is 0 Å². The van der Waals surface area contributed by atoms with Crippen LogP contribution in [0, 0.1) is 0 Å². The minimum absolute atomic E-state index is 0.0589. The van der Waals surface area contributed by atoms with Crippen LogP contribution in [0.4, 0.5) is 0 Å². The van der Waals surface area contributed by atoms with Gasteiger partial charge in [-0.3, -0.25) is 4.79 Å². The molecule has 0 aliphatic carbocycles.